The largest absolute Gasteiger partial charge is 0.357 e. The van der Waals surface area contributed by atoms with Crippen LogP contribution in [-0.2, 0) is 0 Å². The van der Waals surface area contributed by atoms with Crippen molar-refractivity contribution < 1.29 is 0 Å². The van der Waals surface area contributed by atoms with E-state index in [1.54, 1.807) is 0 Å². The molecular weight excluding hydrogens is 292 g/mol. The van der Waals surface area contributed by atoms with Crippen LogP contribution in [0.2, 0.25) is 0 Å². The van der Waals surface area contributed by atoms with Gasteiger partial charge in [-0.1, -0.05) is 0 Å². The minimum atomic E-state index is 0.583. The number of aliphatic imine (C=N–C) groups is 1. The molecular formula is C17H36N4S. The van der Waals surface area contributed by atoms with Gasteiger partial charge in [-0.05, 0) is 59.6 Å². The summed E-state index contributed by atoms with van der Waals surface area (Å²) < 4.78 is 0. The first-order valence-corrected chi connectivity index (χ1v) is 10.1. The highest BCUT2D eigenvalue weighted by Gasteiger charge is 2.15. The maximum absolute atomic E-state index is 4.76. The van der Waals surface area contributed by atoms with Gasteiger partial charge < -0.3 is 10.6 Å². The van der Waals surface area contributed by atoms with E-state index in [0.717, 1.165) is 32.0 Å². The van der Waals surface area contributed by atoms with Gasteiger partial charge in [0.15, 0.2) is 5.96 Å². The number of rotatable bonds is 8. The fourth-order valence-corrected chi connectivity index (χ4v) is 4.00. The maximum Gasteiger partial charge on any atom is 0.191 e. The molecule has 1 fully saturated rings. The van der Waals surface area contributed by atoms with Crippen molar-refractivity contribution in [3.63, 3.8) is 0 Å². The predicted octanol–water partition coefficient (Wildman–Crippen LogP) is 2.95. The van der Waals surface area contributed by atoms with Crippen molar-refractivity contribution in [1.29, 1.82) is 0 Å². The van der Waals surface area contributed by atoms with Crippen molar-refractivity contribution in [3.05, 3.63) is 0 Å². The Morgan fingerprint density at radius 2 is 2.00 bits per heavy atom. The van der Waals surface area contributed by atoms with Crippen molar-refractivity contribution in [3.8, 4) is 0 Å². The van der Waals surface area contributed by atoms with Crippen molar-refractivity contribution in [2.75, 3.05) is 31.1 Å². The van der Waals surface area contributed by atoms with Gasteiger partial charge in [0, 0.05) is 43.5 Å². The Hall–Kier alpha value is -0.420. The van der Waals surface area contributed by atoms with E-state index in [4.69, 9.17) is 4.99 Å². The fraction of sp³-hybridized carbons (Fsp3) is 0.941. The van der Waals surface area contributed by atoms with Crippen molar-refractivity contribution in [2.45, 2.75) is 72.0 Å². The van der Waals surface area contributed by atoms with Crippen molar-refractivity contribution >= 4 is 17.7 Å². The zero-order valence-electron chi connectivity index (χ0n) is 15.2. The molecule has 1 heterocycles. The minimum absolute atomic E-state index is 0.583. The molecule has 0 amide bonds. The number of hydrogen-bond acceptors (Lipinski definition) is 3. The van der Waals surface area contributed by atoms with Crippen LogP contribution in [0, 0.1) is 0 Å². The van der Waals surface area contributed by atoms with Crippen LogP contribution in [0.4, 0.5) is 0 Å². The van der Waals surface area contributed by atoms with E-state index in [1.165, 1.54) is 24.3 Å². The van der Waals surface area contributed by atoms with Crippen LogP contribution >= 0.6 is 11.8 Å². The first kappa shape index (κ1) is 19.6. The number of thioether (sulfide) groups is 1. The quantitative estimate of drug-likeness (QED) is 0.408. The Labute approximate surface area is 141 Å². The lowest BCUT2D eigenvalue weighted by molar-refractivity contribution is 0.174. The van der Waals surface area contributed by atoms with Crippen LogP contribution in [0.25, 0.3) is 0 Å². The predicted molar refractivity (Wildman–Crippen MR) is 101 cm³/mol. The summed E-state index contributed by atoms with van der Waals surface area (Å²) in [6.45, 7) is 14.2. The number of hydrogen-bond donors (Lipinski definition) is 2. The van der Waals surface area contributed by atoms with E-state index in [2.05, 4.69) is 50.2 Å². The van der Waals surface area contributed by atoms with Crippen LogP contribution in [0.1, 0.15) is 53.9 Å². The molecule has 1 unspecified atom stereocenters. The molecule has 1 aliphatic heterocycles. The standard InChI is InChI=1S/C17H36N4S/c1-6-18-17(20-16-9-7-12-22-13-16)19-10-8-11-21(14(2)3)15(4)5/h14-16H,6-13H2,1-5H3,(H2,18,19,20). The molecule has 1 atom stereocenters. The average molecular weight is 329 g/mol. The molecule has 22 heavy (non-hydrogen) atoms. The van der Waals surface area contributed by atoms with Crippen LogP contribution in [0.3, 0.4) is 0 Å². The van der Waals surface area contributed by atoms with Gasteiger partial charge >= 0.3 is 0 Å². The molecule has 5 heteroatoms. The molecule has 0 radical (unpaired) electrons. The Morgan fingerprint density at radius 1 is 1.27 bits per heavy atom. The molecule has 0 aromatic carbocycles. The monoisotopic (exact) mass is 328 g/mol. The molecule has 130 valence electrons. The summed E-state index contributed by atoms with van der Waals surface area (Å²) in [7, 11) is 0. The molecule has 0 aromatic rings. The van der Waals surface area contributed by atoms with Gasteiger partial charge in [-0.15, -0.1) is 0 Å². The third-order valence-electron chi connectivity index (χ3n) is 4.02. The van der Waals surface area contributed by atoms with Crippen molar-refractivity contribution in [1.82, 2.24) is 15.5 Å². The SMILES string of the molecule is CCNC(=NCCCN(C(C)C)C(C)C)NC1CCCSC1. The van der Waals surface area contributed by atoms with Crippen molar-refractivity contribution in [2.24, 2.45) is 4.99 Å². The Balaban J connectivity index is 2.37. The summed E-state index contributed by atoms with van der Waals surface area (Å²) >= 11 is 2.05. The van der Waals surface area contributed by atoms with Gasteiger partial charge in [-0.3, -0.25) is 9.89 Å². The molecule has 0 bridgehead atoms. The first-order valence-electron chi connectivity index (χ1n) is 8.93. The van der Waals surface area contributed by atoms with E-state index in [9.17, 15) is 0 Å². The molecule has 1 rings (SSSR count). The lowest BCUT2D eigenvalue weighted by Gasteiger charge is -2.30. The maximum atomic E-state index is 4.76. The normalized spacial score (nSPS) is 20.0. The first-order chi connectivity index (χ1) is 10.5. The summed E-state index contributed by atoms with van der Waals surface area (Å²) in [4.78, 5) is 7.29. The fourth-order valence-electron chi connectivity index (χ4n) is 2.92. The van der Waals surface area contributed by atoms with E-state index >= 15 is 0 Å². The average Bonchev–Trinajstić information content (AvgIpc) is 2.47. The molecule has 4 nitrogen and oxygen atoms in total. The summed E-state index contributed by atoms with van der Waals surface area (Å²) in [5.41, 5.74) is 0. The zero-order chi connectivity index (χ0) is 16.4. The third kappa shape index (κ3) is 7.73. The Bertz CT molecular complexity index is 304. The van der Waals surface area contributed by atoms with Crippen LogP contribution in [0.15, 0.2) is 4.99 Å². The molecule has 2 N–H and O–H groups in total. The van der Waals surface area contributed by atoms with E-state index < -0.39 is 0 Å². The highest BCUT2D eigenvalue weighted by molar-refractivity contribution is 7.99. The highest BCUT2D eigenvalue weighted by Crippen LogP contribution is 2.16. The summed E-state index contributed by atoms with van der Waals surface area (Å²) in [5.74, 6) is 3.51. The summed E-state index contributed by atoms with van der Waals surface area (Å²) in [6.07, 6.45) is 3.71. The van der Waals surface area contributed by atoms with Gasteiger partial charge in [0.2, 0.25) is 0 Å². The lowest BCUT2D eigenvalue weighted by atomic mass is 10.2. The lowest BCUT2D eigenvalue weighted by Crippen LogP contribution is -2.45. The van der Waals surface area contributed by atoms with Gasteiger partial charge in [-0.25, -0.2) is 0 Å². The zero-order valence-corrected chi connectivity index (χ0v) is 16.0. The Kier molecular flexibility index (Phi) is 9.96. The molecule has 1 saturated heterocycles. The summed E-state index contributed by atoms with van der Waals surface area (Å²) in [5, 5.41) is 6.97. The molecule has 0 aromatic heterocycles. The number of guanidine groups is 1. The highest BCUT2D eigenvalue weighted by atomic mass is 32.2. The molecule has 0 saturated carbocycles. The Morgan fingerprint density at radius 3 is 2.55 bits per heavy atom. The van der Waals surface area contributed by atoms with E-state index in [1.807, 2.05) is 11.8 Å². The second-order valence-corrected chi connectivity index (χ2v) is 7.75. The van der Waals surface area contributed by atoms with Gasteiger partial charge in [0.1, 0.15) is 0 Å². The third-order valence-corrected chi connectivity index (χ3v) is 5.23. The van der Waals surface area contributed by atoms with Crippen LogP contribution in [-0.4, -0.2) is 60.1 Å². The number of nitrogens with zero attached hydrogens (tertiary/aromatic N) is 2. The smallest absolute Gasteiger partial charge is 0.191 e. The van der Waals surface area contributed by atoms with Gasteiger partial charge in [-0.2, -0.15) is 11.8 Å². The summed E-state index contributed by atoms with van der Waals surface area (Å²) in [6, 6.07) is 1.79. The van der Waals surface area contributed by atoms with Crippen LogP contribution < -0.4 is 10.6 Å². The van der Waals surface area contributed by atoms with Crippen LogP contribution in [0.5, 0.6) is 0 Å². The second kappa shape index (κ2) is 11.2. The van der Waals surface area contributed by atoms with Gasteiger partial charge in [0.05, 0.1) is 0 Å². The van der Waals surface area contributed by atoms with E-state index in [0.29, 0.717) is 18.1 Å². The van der Waals surface area contributed by atoms with E-state index in [-0.39, 0.29) is 0 Å². The topological polar surface area (TPSA) is 39.7 Å². The molecule has 1 aliphatic rings. The second-order valence-electron chi connectivity index (χ2n) is 6.60. The minimum Gasteiger partial charge on any atom is -0.357 e. The molecule has 0 aliphatic carbocycles. The number of nitrogens with one attached hydrogen (secondary N) is 2. The van der Waals surface area contributed by atoms with Gasteiger partial charge in [0.25, 0.3) is 0 Å². The molecule has 0 spiro atoms.